The average molecular weight is 395 g/mol. The molecule has 0 spiro atoms. The minimum Gasteiger partial charge on any atom is -0.408 e. The van der Waals surface area contributed by atoms with E-state index in [4.69, 9.17) is 4.42 Å². The molecule has 3 aromatic rings. The first kappa shape index (κ1) is 20.4. The topological polar surface area (TPSA) is 84.5 Å². The third kappa shape index (κ3) is 4.74. The van der Waals surface area contributed by atoms with Crippen molar-refractivity contribution < 1.29 is 14.0 Å². The molecule has 0 aliphatic heterocycles. The SMILES string of the molecule is CCN(CC)C(=O)c1cccc(NC(=O)CCCn2c(=O)oc3ccccc32)c1. The molecule has 0 atom stereocenters. The molecule has 0 aliphatic carbocycles. The molecule has 0 bridgehead atoms. The van der Waals surface area contributed by atoms with E-state index in [1.807, 2.05) is 32.0 Å². The predicted molar refractivity (Wildman–Crippen MR) is 112 cm³/mol. The number of amides is 2. The van der Waals surface area contributed by atoms with Gasteiger partial charge >= 0.3 is 5.76 Å². The van der Waals surface area contributed by atoms with Crippen LogP contribution in [0.2, 0.25) is 0 Å². The Labute approximate surface area is 168 Å². The largest absolute Gasteiger partial charge is 0.419 e. The van der Waals surface area contributed by atoms with Crippen LogP contribution in [-0.4, -0.2) is 34.4 Å². The summed E-state index contributed by atoms with van der Waals surface area (Å²) in [5.74, 6) is -0.648. The van der Waals surface area contributed by atoms with Crippen LogP contribution in [-0.2, 0) is 11.3 Å². The van der Waals surface area contributed by atoms with Crippen molar-refractivity contribution in [3.05, 3.63) is 64.6 Å². The monoisotopic (exact) mass is 395 g/mol. The number of aryl methyl sites for hydroxylation is 1. The number of fused-ring (bicyclic) bond motifs is 1. The number of nitrogens with zero attached hydrogens (tertiary/aromatic N) is 2. The maximum atomic E-state index is 12.5. The van der Waals surface area contributed by atoms with Gasteiger partial charge in [0.05, 0.1) is 5.52 Å². The lowest BCUT2D eigenvalue weighted by molar-refractivity contribution is -0.116. The Morgan fingerprint density at radius 2 is 1.83 bits per heavy atom. The van der Waals surface area contributed by atoms with Crippen molar-refractivity contribution in [2.24, 2.45) is 0 Å². The summed E-state index contributed by atoms with van der Waals surface area (Å²) in [7, 11) is 0. The Morgan fingerprint density at radius 3 is 2.59 bits per heavy atom. The first-order valence-corrected chi connectivity index (χ1v) is 9.81. The molecule has 0 fully saturated rings. The van der Waals surface area contributed by atoms with E-state index in [-0.39, 0.29) is 18.2 Å². The molecule has 1 N–H and O–H groups in total. The van der Waals surface area contributed by atoms with E-state index in [1.165, 1.54) is 4.57 Å². The normalized spacial score (nSPS) is 10.8. The molecule has 0 radical (unpaired) electrons. The molecule has 7 nitrogen and oxygen atoms in total. The second-order valence-corrected chi connectivity index (χ2v) is 6.70. The van der Waals surface area contributed by atoms with Gasteiger partial charge in [-0.25, -0.2) is 4.79 Å². The first-order valence-electron chi connectivity index (χ1n) is 9.81. The molecule has 0 saturated carbocycles. The van der Waals surface area contributed by atoms with Crippen LogP contribution in [0.25, 0.3) is 11.1 Å². The van der Waals surface area contributed by atoms with E-state index in [0.717, 1.165) is 5.52 Å². The number of hydrogen-bond donors (Lipinski definition) is 1. The summed E-state index contributed by atoms with van der Waals surface area (Å²) in [6.45, 7) is 5.52. The molecule has 1 heterocycles. The third-order valence-corrected chi connectivity index (χ3v) is 4.80. The van der Waals surface area contributed by atoms with Crippen LogP contribution in [0.1, 0.15) is 37.0 Å². The highest BCUT2D eigenvalue weighted by Gasteiger charge is 2.13. The molecule has 152 valence electrons. The van der Waals surface area contributed by atoms with E-state index < -0.39 is 5.76 Å². The standard InChI is InChI=1S/C22H25N3O4/c1-3-24(4-2)21(27)16-9-7-10-17(15-16)23-20(26)13-8-14-25-18-11-5-6-12-19(18)29-22(25)28/h5-7,9-12,15H,3-4,8,13-14H2,1-2H3,(H,23,26). The van der Waals surface area contributed by atoms with Gasteiger partial charge in [-0.15, -0.1) is 0 Å². The Bertz CT molecular complexity index is 1060. The molecular formula is C22H25N3O4. The molecule has 1 aromatic heterocycles. The number of carbonyl (C=O) groups is 2. The Morgan fingerprint density at radius 1 is 1.07 bits per heavy atom. The zero-order chi connectivity index (χ0) is 20.8. The van der Waals surface area contributed by atoms with Crippen molar-refractivity contribution in [1.82, 2.24) is 9.47 Å². The van der Waals surface area contributed by atoms with E-state index >= 15 is 0 Å². The van der Waals surface area contributed by atoms with Gasteiger partial charge in [0.25, 0.3) is 5.91 Å². The fraction of sp³-hybridized carbons (Fsp3) is 0.318. The van der Waals surface area contributed by atoms with Crippen molar-refractivity contribution in [3.8, 4) is 0 Å². The van der Waals surface area contributed by atoms with Gasteiger partial charge in [0.15, 0.2) is 5.58 Å². The number of aromatic nitrogens is 1. The predicted octanol–water partition coefficient (Wildman–Crippen LogP) is 3.50. The van der Waals surface area contributed by atoms with Crippen molar-refractivity contribution in [3.63, 3.8) is 0 Å². The number of benzene rings is 2. The van der Waals surface area contributed by atoms with Gasteiger partial charge in [-0.2, -0.15) is 0 Å². The summed E-state index contributed by atoms with van der Waals surface area (Å²) in [4.78, 5) is 38.5. The molecule has 3 rings (SSSR count). The summed E-state index contributed by atoms with van der Waals surface area (Å²) >= 11 is 0. The van der Waals surface area contributed by atoms with E-state index in [9.17, 15) is 14.4 Å². The van der Waals surface area contributed by atoms with Crippen molar-refractivity contribution in [1.29, 1.82) is 0 Å². The minimum absolute atomic E-state index is 0.0580. The molecule has 0 saturated heterocycles. The van der Waals surface area contributed by atoms with Gasteiger partial charge in [-0.1, -0.05) is 18.2 Å². The Balaban J connectivity index is 1.58. The number of nitrogens with one attached hydrogen (secondary N) is 1. The lowest BCUT2D eigenvalue weighted by Crippen LogP contribution is -2.30. The maximum absolute atomic E-state index is 12.5. The van der Waals surface area contributed by atoms with Gasteiger partial charge in [0.1, 0.15) is 0 Å². The van der Waals surface area contributed by atoms with Gasteiger partial charge in [0, 0.05) is 37.3 Å². The Hall–Kier alpha value is -3.35. The van der Waals surface area contributed by atoms with Crippen LogP contribution in [0.3, 0.4) is 0 Å². The second kappa shape index (κ2) is 9.23. The van der Waals surface area contributed by atoms with E-state index in [0.29, 0.717) is 42.9 Å². The van der Waals surface area contributed by atoms with Crippen molar-refractivity contribution in [2.45, 2.75) is 33.2 Å². The number of oxazole rings is 1. The fourth-order valence-corrected chi connectivity index (χ4v) is 3.27. The van der Waals surface area contributed by atoms with Crippen LogP contribution < -0.4 is 11.1 Å². The van der Waals surface area contributed by atoms with Crippen LogP contribution in [0.15, 0.2) is 57.7 Å². The molecular weight excluding hydrogens is 370 g/mol. The molecule has 0 unspecified atom stereocenters. The molecule has 0 aliphatic rings. The number of carbonyl (C=O) groups excluding carboxylic acids is 2. The zero-order valence-electron chi connectivity index (χ0n) is 16.7. The highest BCUT2D eigenvalue weighted by Crippen LogP contribution is 2.15. The maximum Gasteiger partial charge on any atom is 0.419 e. The fourth-order valence-electron chi connectivity index (χ4n) is 3.27. The highest BCUT2D eigenvalue weighted by atomic mass is 16.4. The van der Waals surface area contributed by atoms with Crippen LogP contribution in [0.4, 0.5) is 5.69 Å². The number of hydrogen-bond acceptors (Lipinski definition) is 4. The van der Waals surface area contributed by atoms with Gasteiger partial charge in [-0.3, -0.25) is 14.2 Å². The summed E-state index contributed by atoms with van der Waals surface area (Å²) in [5.41, 5.74) is 2.39. The molecule has 2 amide bonds. The summed E-state index contributed by atoms with van der Waals surface area (Å²) in [6.07, 6.45) is 0.744. The van der Waals surface area contributed by atoms with E-state index in [2.05, 4.69) is 5.32 Å². The molecule has 7 heteroatoms. The number of rotatable bonds is 8. The minimum atomic E-state index is -0.422. The number of para-hydroxylation sites is 2. The smallest absolute Gasteiger partial charge is 0.408 e. The van der Waals surface area contributed by atoms with Crippen molar-refractivity contribution >= 4 is 28.6 Å². The Kier molecular flexibility index (Phi) is 6.49. The summed E-state index contributed by atoms with van der Waals surface area (Å²) in [5, 5.41) is 2.82. The van der Waals surface area contributed by atoms with Crippen LogP contribution in [0, 0.1) is 0 Å². The third-order valence-electron chi connectivity index (χ3n) is 4.80. The number of anilines is 1. The van der Waals surface area contributed by atoms with Gasteiger partial charge < -0.3 is 14.6 Å². The molecule has 29 heavy (non-hydrogen) atoms. The van der Waals surface area contributed by atoms with Gasteiger partial charge in [-0.05, 0) is 50.6 Å². The average Bonchev–Trinajstić information content (AvgIpc) is 3.04. The lowest BCUT2D eigenvalue weighted by atomic mass is 10.1. The lowest BCUT2D eigenvalue weighted by Gasteiger charge is -2.19. The summed E-state index contributed by atoms with van der Waals surface area (Å²) in [6, 6.07) is 14.1. The zero-order valence-corrected chi connectivity index (χ0v) is 16.7. The quantitative estimate of drug-likeness (QED) is 0.633. The second-order valence-electron chi connectivity index (χ2n) is 6.70. The molecule has 2 aromatic carbocycles. The highest BCUT2D eigenvalue weighted by molar-refractivity contribution is 5.97. The van der Waals surface area contributed by atoms with E-state index in [1.54, 1.807) is 35.2 Å². The summed E-state index contributed by atoms with van der Waals surface area (Å²) < 4.78 is 6.73. The van der Waals surface area contributed by atoms with Gasteiger partial charge in [0.2, 0.25) is 5.91 Å². The first-order chi connectivity index (χ1) is 14.0. The van der Waals surface area contributed by atoms with Crippen LogP contribution in [0.5, 0.6) is 0 Å². The van der Waals surface area contributed by atoms with Crippen molar-refractivity contribution in [2.75, 3.05) is 18.4 Å². The van der Waals surface area contributed by atoms with Crippen LogP contribution >= 0.6 is 0 Å².